The average Bonchev–Trinajstić information content (AvgIpc) is 3.09. The van der Waals surface area contributed by atoms with Crippen LogP contribution >= 0.6 is 0 Å². The molecule has 0 unspecified atom stereocenters. The average molecular weight is 464 g/mol. The highest BCUT2D eigenvalue weighted by atomic mass is 32.2. The molecule has 172 valence electrons. The number of anilines is 1. The van der Waals surface area contributed by atoms with Crippen LogP contribution in [0.3, 0.4) is 0 Å². The Labute approximate surface area is 186 Å². The van der Waals surface area contributed by atoms with E-state index in [1.54, 1.807) is 0 Å². The SMILES string of the molecule is CNC(=O)c1cc(NC(=O)c2cc(S(=O)(=O)N3CCCCCC3)ccc2OC)ccc1F. The van der Waals surface area contributed by atoms with E-state index in [4.69, 9.17) is 4.74 Å². The van der Waals surface area contributed by atoms with Gasteiger partial charge in [-0.05, 0) is 49.2 Å². The van der Waals surface area contributed by atoms with Crippen LogP contribution in [-0.4, -0.2) is 51.8 Å². The summed E-state index contributed by atoms with van der Waals surface area (Å²) in [5, 5.41) is 4.90. The van der Waals surface area contributed by atoms with Crippen LogP contribution in [0.1, 0.15) is 46.4 Å². The van der Waals surface area contributed by atoms with Crippen LogP contribution < -0.4 is 15.4 Å². The third-order valence-corrected chi connectivity index (χ3v) is 7.21. The fourth-order valence-corrected chi connectivity index (χ4v) is 5.11. The number of nitrogens with one attached hydrogen (secondary N) is 2. The van der Waals surface area contributed by atoms with Crippen molar-refractivity contribution in [1.29, 1.82) is 0 Å². The minimum absolute atomic E-state index is 0.00416. The third-order valence-electron chi connectivity index (χ3n) is 5.31. The van der Waals surface area contributed by atoms with Gasteiger partial charge in [0.05, 0.1) is 23.1 Å². The Morgan fingerprint density at radius 1 is 0.969 bits per heavy atom. The van der Waals surface area contributed by atoms with Crippen molar-refractivity contribution in [2.75, 3.05) is 32.6 Å². The van der Waals surface area contributed by atoms with Crippen LogP contribution in [-0.2, 0) is 10.0 Å². The zero-order chi connectivity index (χ0) is 23.3. The van der Waals surface area contributed by atoms with Gasteiger partial charge in [0.25, 0.3) is 11.8 Å². The van der Waals surface area contributed by atoms with E-state index >= 15 is 0 Å². The normalized spacial score (nSPS) is 15.0. The van der Waals surface area contributed by atoms with Gasteiger partial charge in [-0.25, -0.2) is 12.8 Å². The van der Waals surface area contributed by atoms with Crippen LogP contribution in [0.25, 0.3) is 0 Å². The molecule has 8 nitrogen and oxygen atoms in total. The quantitative estimate of drug-likeness (QED) is 0.685. The predicted molar refractivity (Wildman–Crippen MR) is 118 cm³/mol. The molecule has 0 aliphatic carbocycles. The highest BCUT2D eigenvalue weighted by molar-refractivity contribution is 7.89. The summed E-state index contributed by atoms with van der Waals surface area (Å²) in [6.45, 7) is 0.876. The number of carbonyl (C=O) groups is 2. The smallest absolute Gasteiger partial charge is 0.259 e. The molecule has 0 bridgehead atoms. The van der Waals surface area contributed by atoms with Crippen molar-refractivity contribution in [2.45, 2.75) is 30.6 Å². The van der Waals surface area contributed by atoms with E-state index in [-0.39, 0.29) is 27.5 Å². The van der Waals surface area contributed by atoms with Gasteiger partial charge in [-0.3, -0.25) is 9.59 Å². The first-order valence-corrected chi connectivity index (χ1v) is 11.7. The van der Waals surface area contributed by atoms with Gasteiger partial charge in [-0.2, -0.15) is 4.31 Å². The Balaban J connectivity index is 1.92. The maximum Gasteiger partial charge on any atom is 0.259 e. The van der Waals surface area contributed by atoms with Gasteiger partial charge in [0, 0.05) is 25.8 Å². The van der Waals surface area contributed by atoms with E-state index < -0.39 is 27.7 Å². The van der Waals surface area contributed by atoms with Crippen molar-refractivity contribution >= 4 is 27.5 Å². The molecule has 10 heteroatoms. The molecule has 0 radical (unpaired) electrons. The molecule has 2 amide bonds. The van der Waals surface area contributed by atoms with Gasteiger partial charge in [-0.15, -0.1) is 0 Å². The minimum Gasteiger partial charge on any atom is -0.496 e. The molecule has 2 aromatic carbocycles. The van der Waals surface area contributed by atoms with Crippen molar-refractivity contribution in [3.63, 3.8) is 0 Å². The molecule has 1 aliphatic rings. The number of benzene rings is 2. The maximum absolute atomic E-state index is 13.9. The highest BCUT2D eigenvalue weighted by Crippen LogP contribution is 2.27. The van der Waals surface area contributed by atoms with Gasteiger partial charge in [-0.1, -0.05) is 12.8 Å². The van der Waals surface area contributed by atoms with E-state index in [0.717, 1.165) is 31.7 Å². The monoisotopic (exact) mass is 463 g/mol. The van der Waals surface area contributed by atoms with Crippen molar-refractivity contribution < 1.29 is 27.1 Å². The first-order valence-electron chi connectivity index (χ1n) is 10.3. The van der Waals surface area contributed by atoms with E-state index in [2.05, 4.69) is 10.6 Å². The summed E-state index contributed by atoms with van der Waals surface area (Å²) in [5.74, 6) is -1.83. The van der Waals surface area contributed by atoms with Crippen LogP contribution in [0.15, 0.2) is 41.3 Å². The van der Waals surface area contributed by atoms with Gasteiger partial charge in [0.1, 0.15) is 11.6 Å². The molecule has 32 heavy (non-hydrogen) atoms. The lowest BCUT2D eigenvalue weighted by atomic mass is 10.1. The molecule has 0 atom stereocenters. The van der Waals surface area contributed by atoms with Crippen molar-refractivity contribution in [3.8, 4) is 5.75 Å². The Kier molecular flexibility index (Phi) is 7.47. The second-order valence-electron chi connectivity index (χ2n) is 7.41. The molecule has 3 rings (SSSR count). The summed E-state index contributed by atoms with van der Waals surface area (Å²) >= 11 is 0. The molecule has 1 fully saturated rings. The minimum atomic E-state index is -3.77. The van der Waals surface area contributed by atoms with Crippen molar-refractivity contribution in [1.82, 2.24) is 9.62 Å². The second-order valence-corrected chi connectivity index (χ2v) is 9.35. The van der Waals surface area contributed by atoms with E-state index in [1.165, 1.54) is 48.8 Å². The van der Waals surface area contributed by atoms with E-state index in [9.17, 15) is 22.4 Å². The molecule has 1 aliphatic heterocycles. The Hall–Kier alpha value is -2.98. The molecule has 2 N–H and O–H groups in total. The van der Waals surface area contributed by atoms with Crippen LogP contribution in [0.2, 0.25) is 0 Å². The van der Waals surface area contributed by atoms with Crippen molar-refractivity contribution in [3.05, 3.63) is 53.3 Å². The molecule has 1 heterocycles. The fourth-order valence-electron chi connectivity index (χ4n) is 3.57. The highest BCUT2D eigenvalue weighted by Gasteiger charge is 2.27. The summed E-state index contributed by atoms with van der Waals surface area (Å²) < 4.78 is 46.9. The zero-order valence-corrected chi connectivity index (χ0v) is 18.8. The number of hydrogen-bond acceptors (Lipinski definition) is 5. The lowest BCUT2D eigenvalue weighted by molar-refractivity contribution is 0.0957. The summed E-state index contributed by atoms with van der Waals surface area (Å²) in [5.41, 5.74) is -0.0400. The Morgan fingerprint density at radius 2 is 1.66 bits per heavy atom. The second kappa shape index (κ2) is 10.1. The fraction of sp³-hybridized carbons (Fsp3) is 0.364. The number of rotatable bonds is 6. The lowest BCUT2D eigenvalue weighted by Crippen LogP contribution is -2.32. The summed E-state index contributed by atoms with van der Waals surface area (Å²) in [6.07, 6.45) is 3.55. The van der Waals surface area contributed by atoms with Crippen LogP contribution in [0, 0.1) is 5.82 Å². The van der Waals surface area contributed by atoms with Gasteiger partial charge in [0.15, 0.2) is 0 Å². The molecular formula is C22H26FN3O5S. The van der Waals surface area contributed by atoms with Crippen LogP contribution in [0.4, 0.5) is 10.1 Å². The number of halogens is 1. The number of ether oxygens (including phenoxy) is 1. The first kappa shape index (κ1) is 23.7. The van der Waals surface area contributed by atoms with E-state index in [0.29, 0.717) is 13.1 Å². The first-order chi connectivity index (χ1) is 15.3. The summed E-state index contributed by atoms with van der Waals surface area (Å²) in [4.78, 5) is 24.8. The zero-order valence-electron chi connectivity index (χ0n) is 18.0. The largest absolute Gasteiger partial charge is 0.496 e. The Bertz CT molecular complexity index is 1110. The van der Waals surface area contributed by atoms with Crippen molar-refractivity contribution in [2.24, 2.45) is 0 Å². The Morgan fingerprint density at radius 3 is 2.28 bits per heavy atom. The number of methoxy groups -OCH3 is 1. The van der Waals surface area contributed by atoms with E-state index in [1.807, 2.05) is 0 Å². The maximum atomic E-state index is 13.9. The number of hydrogen-bond donors (Lipinski definition) is 2. The molecule has 0 spiro atoms. The van der Waals surface area contributed by atoms with Gasteiger partial charge < -0.3 is 15.4 Å². The topological polar surface area (TPSA) is 105 Å². The molecule has 1 saturated heterocycles. The standard InChI is InChI=1S/C22H26FN3O5S/c1-24-21(27)17-13-15(7-9-19(17)23)25-22(28)18-14-16(8-10-20(18)31-2)32(29,30)26-11-5-3-4-6-12-26/h7-10,13-14H,3-6,11-12H2,1-2H3,(H,24,27)(H,25,28). The molecular weight excluding hydrogens is 437 g/mol. The van der Waals surface area contributed by atoms with Gasteiger partial charge in [0.2, 0.25) is 10.0 Å². The molecule has 0 saturated carbocycles. The summed E-state index contributed by atoms with van der Waals surface area (Å²) in [6, 6.07) is 7.70. The number of carbonyl (C=O) groups excluding carboxylic acids is 2. The van der Waals surface area contributed by atoms with Gasteiger partial charge >= 0.3 is 0 Å². The molecule has 2 aromatic rings. The third kappa shape index (κ3) is 5.08. The molecule has 0 aromatic heterocycles. The number of amides is 2. The lowest BCUT2D eigenvalue weighted by Gasteiger charge is -2.20. The summed E-state index contributed by atoms with van der Waals surface area (Å²) in [7, 11) is -1.03. The predicted octanol–water partition coefficient (Wildman–Crippen LogP) is 3.01. The number of nitrogens with zero attached hydrogens (tertiary/aromatic N) is 1. The number of sulfonamides is 1. The van der Waals surface area contributed by atoms with Crippen LogP contribution in [0.5, 0.6) is 5.75 Å².